The van der Waals surface area contributed by atoms with Gasteiger partial charge in [0.15, 0.2) is 0 Å². The zero-order valence-corrected chi connectivity index (χ0v) is 13.7. The first-order valence-electron chi connectivity index (χ1n) is 8.46. The molecule has 19 heavy (non-hydrogen) atoms. The van der Waals surface area contributed by atoms with Crippen molar-refractivity contribution in [2.45, 2.75) is 66.0 Å². The number of rotatable bonds is 5. The third-order valence-corrected chi connectivity index (χ3v) is 5.65. The van der Waals surface area contributed by atoms with Gasteiger partial charge < -0.3 is 10.2 Å². The van der Waals surface area contributed by atoms with Crippen molar-refractivity contribution >= 4 is 0 Å². The molecule has 0 aromatic rings. The van der Waals surface area contributed by atoms with Crippen molar-refractivity contribution in [3.05, 3.63) is 0 Å². The lowest BCUT2D eigenvalue weighted by Crippen LogP contribution is -2.58. The van der Waals surface area contributed by atoms with E-state index in [0.717, 1.165) is 35.8 Å². The van der Waals surface area contributed by atoms with Crippen LogP contribution in [0.1, 0.15) is 53.9 Å². The number of fused-ring (bicyclic) bond motifs is 2. The summed E-state index contributed by atoms with van der Waals surface area (Å²) in [6, 6.07) is 1.52. The minimum Gasteiger partial charge on any atom is -0.313 e. The minimum atomic E-state index is 0.721. The molecule has 3 unspecified atom stereocenters. The molecule has 2 aliphatic rings. The molecule has 0 radical (unpaired) electrons. The van der Waals surface area contributed by atoms with E-state index in [-0.39, 0.29) is 0 Å². The molecule has 0 aromatic heterocycles. The van der Waals surface area contributed by atoms with Crippen LogP contribution in [-0.4, -0.2) is 36.6 Å². The molecule has 1 saturated heterocycles. The molecule has 2 nitrogen and oxygen atoms in total. The molecule has 1 saturated carbocycles. The van der Waals surface area contributed by atoms with E-state index in [2.05, 4.69) is 44.8 Å². The number of hydrogen-bond donors (Lipinski definition) is 1. The minimum absolute atomic E-state index is 0.721. The summed E-state index contributed by atoms with van der Waals surface area (Å²) in [7, 11) is 0. The maximum Gasteiger partial charge on any atom is 0.0148 e. The van der Waals surface area contributed by atoms with E-state index in [4.69, 9.17) is 0 Å². The van der Waals surface area contributed by atoms with E-state index in [1.807, 2.05) is 0 Å². The number of nitrogens with zero attached hydrogens (tertiary/aromatic N) is 1. The highest BCUT2D eigenvalue weighted by molar-refractivity contribution is 4.95. The molecule has 1 aliphatic heterocycles. The molecule has 3 atom stereocenters. The van der Waals surface area contributed by atoms with Gasteiger partial charge in [-0.3, -0.25) is 0 Å². The Bertz CT molecular complexity index is 260. The zero-order valence-electron chi connectivity index (χ0n) is 13.7. The highest BCUT2D eigenvalue weighted by atomic mass is 15.2. The largest absolute Gasteiger partial charge is 0.313 e. The summed E-state index contributed by atoms with van der Waals surface area (Å²) in [5, 5.41) is 3.94. The maximum absolute atomic E-state index is 3.94. The first kappa shape index (κ1) is 15.3. The molecule has 1 aliphatic carbocycles. The van der Waals surface area contributed by atoms with Crippen LogP contribution in [0.25, 0.3) is 0 Å². The molecule has 2 fully saturated rings. The second-order valence-corrected chi connectivity index (χ2v) is 7.65. The van der Waals surface area contributed by atoms with Crippen molar-refractivity contribution < 1.29 is 0 Å². The summed E-state index contributed by atoms with van der Waals surface area (Å²) < 4.78 is 0. The smallest absolute Gasteiger partial charge is 0.0148 e. The van der Waals surface area contributed by atoms with E-state index >= 15 is 0 Å². The van der Waals surface area contributed by atoms with Gasteiger partial charge in [0, 0.05) is 25.2 Å². The Morgan fingerprint density at radius 1 is 1.00 bits per heavy atom. The van der Waals surface area contributed by atoms with Crippen LogP contribution in [0.2, 0.25) is 0 Å². The van der Waals surface area contributed by atoms with Gasteiger partial charge in [-0.05, 0) is 56.9 Å². The summed E-state index contributed by atoms with van der Waals surface area (Å²) in [6.07, 6.45) is 4.33. The Kier molecular flexibility index (Phi) is 5.30. The van der Waals surface area contributed by atoms with Crippen LogP contribution in [0, 0.1) is 23.7 Å². The van der Waals surface area contributed by atoms with Crippen LogP contribution in [0.4, 0.5) is 0 Å². The second kappa shape index (κ2) is 6.58. The van der Waals surface area contributed by atoms with Crippen LogP contribution in [0.5, 0.6) is 0 Å². The fourth-order valence-corrected chi connectivity index (χ4v) is 3.79. The second-order valence-electron chi connectivity index (χ2n) is 7.65. The molecule has 0 aromatic carbocycles. The molecular formula is C17H34N2. The van der Waals surface area contributed by atoms with Crippen LogP contribution in [-0.2, 0) is 0 Å². The molecule has 2 bridgehead atoms. The van der Waals surface area contributed by atoms with Gasteiger partial charge in [0.25, 0.3) is 0 Å². The van der Waals surface area contributed by atoms with Gasteiger partial charge >= 0.3 is 0 Å². The fourth-order valence-electron chi connectivity index (χ4n) is 3.79. The van der Waals surface area contributed by atoms with E-state index in [1.165, 1.54) is 38.9 Å². The standard InChI is InChI=1S/C17H34N2/c1-12(2)14(5)9-18-17-15-7-6-8-16(17)11-19(10-15)13(3)4/h12-18H,6-11H2,1-5H3. The van der Waals surface area contributed by atoms with Crippen molar-refractivity contribution in [3.63, 3.8) is 0 Å². The summed E-state index contributed by atoms with van der Waals surface area (Å²) in [5.74, 6) is 3.38. The topological polar surface area (TPSA) is 15.3 Å². The first-order chi connectivity index (χ1) is 8.99. The quantitative estimate of drug-likeness (QED) is 0.820. The molecule has 0 amide bonds. The van der Waals surface area contributed by atoms with Gasteiger partial charge in [0.1, 0.15) is 0 Å². The normalized spacial score (nSPS) is 33.9. The Hall–Kier alpha value is -0.0800. The SMILES string of the molecule is CC(C)C(C)CNC1C2CCCC1CN(C(C)C)C2. The molecule has 1 N–H and O–H groups in total. The number of nitrogens with one attached hydrogen (secondary N) is 1. The Labute approximate surface area is 120 Å². The average Bonchev–Trinajstić information content (AvgIpc) is 2.34. The molecule has 0 spiro atoms. The monoisotopic (exact) mass is 266 g/mol. The highest BCUT2D eigenvalue weighted by Crippen LogP contribution is 2.35. The predicted octanol–water partition coefficient (Wildman–Crippen LogP) is 3.38. The third-order valence-electron chi connectivity index (χ3n) is 5.65. The number of likely N-dealkylation sites (tertiary alicyclic amines) is 1. The van der Waals surface area contributed by atoms with Crippen molar-refractivity contribution in [2.24, 2.45) is 23.7 Å². The van der Waals surface area contributed by atoms with Gasteiger partial charge in [0.2, 0.25) is 0 Å². The zero-order chi connectivity index (χ0) is 14.0. The lowest BCUT2D eigenvalue weighted by Gasteiger charge is -2.49. The number of hydrogen-bond acceptors (Lipinski definition) is 2. The van der Waals surface area contributed by atoms with Crippen molar-refractivity contribution in [1.82, 2.24) is 10.2 Å². The summed E-state index contributed by atoms with van der Waals surface area (Å²) in [6.45, 7) is 15.6. The van der Waals surface area contributed by atoms with Crippen LogP contribution in [0.3, 0.4) is 0 Å². The van der Waals surface area contributed by atoms with Crippen LogP contribution < -0.4 is 5.32 Å². The van der Waals surface area contributed by atoms with Gasteiger partial charge in [0.05, 0.1) is 0 Å². The summed E-state index contributed by atoms with van der Waals surface area (Å²) in [4.78, 5) is 2.71. The third kappa shape index (κ3) is 3.72. The molecule has 1 heterocycles. The Morgan fingerprint density at radius 2 is 1.58 bits per heavy atom. The van der Waals surface area contributed by atoms with Crippen molar-refractivity contribution in [3.8, 4) is 0 Å². The van der Waals surface area contributed by atoms with Gasteiger partial charge in [-0.2, -0.15) is 0 Å². The predicted molar refractivity (Wildman–Crippen MR) is 83.3 cm³/mol. The van der Waals surface area contributed by atoms with Crippen LogP contribution in [0.15, 0.2) is 0 Å². The highest BCUT2D eigenvalue weighted by Gasteiger charge is 2.39. The lowest BCUT2D eigenvalue weighted by molar-refractivity contribution is 0.0277. The molecule has 2 heteroatoms. The van der Waals surface area contributed by atoms with Gasteiger partial charge in [-0.15, -0.1) is 0 Å². The van der Waals surface area contributed by atoms with E-state index in [0.29, 0.717) is 0 Å². The lowest BCUT2D eigenvalue weighted by atomic mass is 9.73. The van der Waals surface area contributed by atoms with E-state index < -0.39 is 0 Å². The van der Waals surface area contributed by atoms with Gasteiger partial charge in [-0.25, -0.2) is 0 Å². The van der Waals surface area contributed by atoms with E-state index in [9.17, 15) is 0 Å². The first-order valence-corrected chi connectivity index (χ1v) is 8.46. The van der Waals surface area contributed by atoms with Crippen LogP contribution >= 0.6 is 0 Å². The van der Waals surface area contributed by atoms with Gasteiger partial charge in [-0.1, -0.05) is 27.2 Å². The number of piperidine rings is 1. The average molecular weight is 266 g/mol. The molecule has 112 valence electrons. The van der Waals surface area contributed by atoms with E-state index in [1.54, 1.807) is 0 Å². The van der Waals surface area contributed by atoms with Crippen molar-refractivity contribution in [1.29, 1.82) is 0 Å². The Balaban J connectivity index is 1.91. The molecule has 2 rings (SSSR count). The van der Waals surface area contributed by atoms with Crippen molar-refractivity contribution in [2.75, 3.05) is 19.6 Å². The summed E-state index contributed by atoms with van der Waals surface area (Å²) >= 11 is 0. The Morgan fingerprint density at radius 3 is 2.05 bits per heavy atom. The fraction of sp³-hybridized carbons (Fsp3) is 1.00. The summed E-state index contributed by atoms with van der Waals surface area (Å²) in [5.41, 5.74) is 0. The maximum atomic E-state index is 3.94. The molecular weight excluding hydrogens is 232 g/mol.